The van der Waals surface area contributed by atoms with Crippen LogP contribution < -0.4 is 10.2 Å². The van der Waals surface area contributed by atoms with Gasteiger partial charge in [-0.2, -0.15) is 13.2 Å². The predicted octanol–water partition coefficient (Wildman–Crippen LogP) is 5.83. The average Bonchev–Trinajstić information content (AvgIpc) is 3.06. The Morgan fingerprint density at radius 3 is 2.29 bits per heavy atom. The van der Waals surface area contributed by atoms with E-state index in [2.05, 4.69) is 19.9 Å². The van der Waals surface area contributed by atoms with Crippen molar-refractivity contribution in [2.45, 2.75) is 70.1 Å². The second-order valence-corrected chi connectivity index (χ2v) is 12.4. The van der Waals surface area contributed by atoms with Crippen LogP contribution in [0.3, 0.4) is 0 Å². The number of anilines is 2. The zero-order valence-electron chi connectivity index (χ0n) is 22.0. The van der Waals surface area contributed by atoms with E-state index in [0.29, 0.717) is 13.1 Å². The highest BCUT2D eigenvalue weighted by Gasteiger charge is 2.38. The molecule has 1 aromatic carbocycles. The Labute approximate surface area is 220 Å². The highest BCUT2D eigenvalue weighted by atomic mass is 32.2. The zero-order chi connectivity index (χ0) is 28.3. The number of ether oxygens (including phenoxy) is 1. The number of hydrogen-bond donors (Lipinski definition) is 1. The van der Waals surface area contributed by atoms with Gasteiger partial charge in [0.2, 0.25) is 0 Å². The van der Waals surface area contributed by atoms with Gasteiger partial charge in [-0.05, 0) is 64.3 Å². The van der Waals surface area contributed by atoms with Crippen molar-refractivity contribution in [1.82, 2.24) is 10.2 Å². The largest absolute Gasteiger partial charge is 0.442 e. The molecule has 0 bridgehead atoms. The van der Waals surface area contributed by atoms with E-state index in [1.807, 2.05) is 0 Å². The number of hydrogen-bond acceptors (Lipinski definition) is 7. The summed E-state index contributed by atoms with van der Waals surface area (Å²) in [7, 11) is -3.25. The fourth-order valence-corrected chi connectivity index (χ4v) is 5.14. The summed E-state index contributed by atoms with van der Waals surface area (Å²) in [6, 6.07) is 5.81. The lowest BCUT2D eigenvalue weighted by atomic mass is 10.1. The van der Waals surface area contributed by atoms with Crippen molar-refractivity contribution < 1.29 is 31.7 Å². The van der Waals surface area contributed by atoms with Crippen LogP contribution in [0.2, 0.25) is 0 Å². The van der Waals surface area contributed by atoms with Crippen molar-refractivity contribution in [2.75, 3.05) is 29.6 Å². The smallest absolute Gasteiger partial charge is 0.442 e. The summed E-state index contributed by atoms with van der Waals surface area (Å²) in [5.41, 5.74) is -2.46. The van der Waals surface area contributed by atoms with E-state index in [1.165, 1.54) is 37.4 Å². The van der Waals surface area contributed by atoms with Gasteiger partial charge in [-0.1, -0.05) is 18.9 Å². The molecule has 208 valence electrons. The third-order valence-corrected chi connectivity index (χ3v) is 7.40. The minimum atomic E-state index is -4.79. The van der Waals surface area contributed by atoms with Gasteiger partial charge in [-0.15, -0.1) is 14.6 Å². The first-order valence-electron chi connectivity index (χ1n) is 12.1. The molecule has 2 aromatic rings. The molecule has 1 aliphatic rings. The maximum Gasteiger partial charge on any atom is 0.442 e. The molecule has 13 heteroatoms. The minimum Gasteiger partial charge on any atom is -0.442 e. The Hall–Kier alpha value is -3.22. The third kappa shape index (κ3) is 7.42. The van der Waals surface area contributed by atoms with Gasteiger partial charge in [-0.25, -0.2) is 9.00 Å². The van der Waals surface area contributed by atoms with Gasteiger partial charge in [-0.3, -0.25) is 4.79 Å². The second-order valence-electron chi connectivity index (χ2n) is 10.1. The summed E-state index contributed by atoms with van der Waals surface area (Å²) in [5, 5.41) is 9.84. The summed E-state index contributed by atoms with van der Waals surface area (Å²) in [6.45, 7) is 7.22. The van der Waals surface area contributed by atoms with Crippen LogP contribution in [0.25, 0.3) is 0 Å². The molecule has 1 saturated heterocycles. The standard InChI is InChI=1S/C25H32F3N5O4S/c1-16-19(21(31-30-20(16)25(26,27)28)33-13-8-6-7-9-14-33)22(34)29-17-11-10-12-18(15-17)38(5,36)32-23(35)37-24(2,3)4/h10-12,15H,6-9,13-14H2,1-5H3,(H,29,34)/t38-/m0/s1. The number of alkyl halides is 3. The van der Waals surface area contributed by atoms with Crippen LogP contribution in [0.5, 0.6) is 0 Å². The fraction of sp³-hybridized carbons (Fsp3) is 0.520. The molecule has 0 saturated carbocycles. The van der Waals surface area contributed by atoms with Gasteiger partial charge in [0.15, 0.2) is 11.5 Å². The van der Waals surface area contributed by atoms with Crippen LogP contribution in [0, 0.1) is 6.92 Å². The minimum absolute atomic E-state index is 0.0882. The topological polar surface area (TPSA) is 114 Å². The lowest BCUT2D eigenvalue weighted by Crippen LogP contribution is -2.30. The average molecular weight is 556 g/mol. The number of carbonyl (C=O) groups excluding carboxylic acids is 2. The SMILES string of the molecule is Cc1c(C(F)(F)F)nnc(N2CCCCCC2)c1C(=O)Nc1cccc([S@](C)(=O)=NC(=O)OC(C)(C)C)c1. The number of rotatable bonds is 4. The Balaban J connectivity index is 1.99. The number of carbonyl (C=O) groups is 2. The second kappa shape index (κ2) is 11.3. The van der Waals surface area contributed by atoms with Crippen molar-refractivity contribution in [3.05, 3.63) is 41.1 Å². The van der Waals surface area contributed by atoms with Crippen molar-refractivity contribution in [1.29, 1.82) is 0 Å². The number of aromatic nitrogens is 2. The maximum atomic E-state index is 13.6. The van der Waals surface area contributed by atoms with Gasteiger partial charge in [0.05, 0.1) is 15.3 Å². The van der Waals surface area contributed by atoms with E-state index >= 15 is 0 Å². The van der Waals surface area contributed by atoms with Crippen molar-refractivity contribution >= 4 is 33.2 Å². The molecule has 0 spiro atoms. The normalized spacial score (nSPS) is 16.3. The molecule has 1 fully saturated rings. The molecule has 0 aliphatic carbocycles. The fourth-order valence-electron chi connectivity index (χ4n) is 4.03. The molecule has 1 N–H and O–H groups in total. The van der Waals surface area contributed by atoms with Crippen molar-refractivity contribution in [3.63, 3.8) is 0 Å². The van der Waals surface area contributed by atoms with Gasteiger partial charge in [0.1, 0.15) is 5.60 Å². The number of amides is 2. The molecule has 1 aromatic heterocycles. The maximum absolute atomic E-state index is 13.6. The Morgan fingerprint density at radius 2 is 1.71 bits per heavy atom. The van der Waals surface area contributed by atoms with Crippen LogP contribution in [-0.4, -0.2) is 51.4 Å². The summed E-state index contributed by atoms with van der Waals surface area (Å²) >= 11 is 0. The molecule has 3 rings (SSSR count). The molecule has 2 heterocycles. The molecular weight excluding hydrogens is 523 g/mol. The van der Waals surface area contributed by atoms with Crippen LogP contribution in [-0.2, 0) is 20.6 Å². The first kappa shape index (κ1) is 29.3. The Kier molecular flexibility index (Phi) is 8.69. The van der Waals surface area contributed by atoms with E-state index in [-0.39, 0.29) is 27.5 Å². The first-order chi connectivity index (χ1) is 17.6. The van der Waals surface area contributed by atoms with E-state index in [1.54, 1.807) is 25.7 Å². The predicted molar refractivity (Wildman–Crippen MR) is 138 cm³/mol. The Bertz CT molecular complexity index is 1320. The lowest BCUT2D eigenvalue weighted by Gasteiger charge is -2.25. The van der Waals surface area contributed by atoms with Gasteiger partial charge in [0.25, 0.3) is 5.91 Å². The molecular formula is C25H32F3N5O4S. The highest BCUT2D eigenvalue weighted by Crippen LogP contribution is 2.34. The molecule has 0 unspecified atom stereocenters. The molecule has 1 aliphatic heterocycles. The number of benzene rings is 1. The monoisotopic (exact) mass is 555 g/mol. The lowest BCUT2D eigenvalue weighted by molar-refractivity contribution is -0.142. The third-order valence-electron chi connectivity index (χ3n) is 5.77. The number of nitrogens with zero attached hydrogens (tertiary/aromatic N) is 4. The van der Waals surface area contributed by atoms with E-state index in [9.17, 15) is 27.0 Å². The van der Waals surface area contributed by atoms with E-state index < -0.39 is 39.2 Å². The number of nitrogens with one attached hydrogen (secondary N) is 1. The molecule has 0 radical (unpaired) electrons. The zero-order valence-corrected chi connectivity index (χ0v) is 22.8. The first-order valence-corrected chi connectivity index (χ1v) is 14.1. The number of halogens is 3. The summed E-state index contributed by atoms with van der Waals surface area (Å²) in [5.74, 6) is -0.726. The summed E-state index contributed by atoms with van der Waals surface area (Å²) in [4.78, 5) is 27.5. The van der Waals surface area contributed by atoms with Gasteiger partial charge in [0, 0.05) is 29.9 Å². The Morgan fingerprint density at radius 1 is 1.08 bits per heavy atom. The molecule has 9 nitrogen and oxygen atoms in total. The van der Waals surface area contributed by atoms with Crippen LogP contribution in [0.15, 0.2) is 33.5 Å². The van der Waals surface area contributed by atoms with Crippen molar-refractivity contribution in [2.24, 2.45) is 4.36 Å². The van der Waals surface area contributed by atoms with Crippen molar-refractivity contribution in [3.8, 4) is 0 Å². The van der Waals surface area contributed by atoms with E-state index in [4.69, 9.17) is 4.74 Å². The summed E-state index contributed by atoms with van der Waals surface area (Å²) in [6.07, 6.45) is -0.958. The van der Waals surface area contributed by atoms with Crippen LogP contribution in [0.1, 0.15) is 68.1 Å². The quantitative estimate of drug-likeness (QED) is 0.505. The molecule has 2 amide bonds. The van der Waals surface area contributed by atoms with Gasteiger partial charge >= 0.3 is 12.3 Å². The highest BCUT2D eigenvalue weighted by molar-refractivity contribution is 7.93. The summed E-state index contributed by atoms with van der Waals surface area (Å²) < 4.78 is 62.8. The van der Waals surface area contributed by atoms with Crippen LogP contribution in [0.4, 0.5) is 29.5 Å². The van der Waals surface area contributed by atoms with Crippen LogP contribution >= 0.6 is 0 Å². The molecule has 38 heavy (non-hydrogen) atoms. The van der Waals surface area contributed by atoms with E-state index in [0.717, 1.165) is 25.7 Å². The van der Waals surface area contributed by atoms with Gasteiger partial charge < -0.3 is 15.0 Å². The molecule has 1 atom stereocenters.